The Labute approximate surface area is 149 Å². The molecule has 0 spiro atoms. The number of nitrogens with zero attached hydrogens (tertiary/aromatic N) is 5. The first-order valence-electron chi connectivity index (χ1n) is 9.19. The Kier molecular flexibility index (Phi) is 6.66. The molecule has 0 saturated carbocycles. The van der Waals surface area contributed by atoms with E-state index >= 15 is 0 Å². The fourth-order valence-corrected chi connectivity index (χ4v) is 3.20. The minimum absolute atomic E-state index is 0.0468. The van der Waals surface area contributed by atoms with E-state index in [0.717, 1.165) is 70.6 Å². The Morgan fingerprint density at radius 3 is 2.88 bits per heavy atom. The van der Waals surface area contributed by atoms with Crippen molar-refractivity contribution in [3.63, 3.8) is 0 Å². The van der Waals surface area contributed by atoms with Crippen molar-refractivity contribution in [2.75, 3.05) is 65.6 Å². The van der Waals surface area contributed by atoms with Crippen LogP contribution in [0.5, 0.6) is 0 Å². The van der Waals surface area contributed by atoms with Crippen LogP contribution in [0.15, 0.2) is 17.4 Å². The Morgan fingerprint density at radius 1 is 1.32 bits per heavy atom. The summed E-state index contributed by atoms with van der Waals surface area (Å²) >= 11 is 0. The molecule has 0 amide bonds. The lowest BCUT2D eigenvalue weighted by Gasteiger charge is -2.35. The van der Waals surface area contributed by atoms with Crippen molar-refractivity contribution in [2.45, 2.75) is 13.0 Å². The predicted octanol–water partition coefficient (Wildman–Crippen LogP) is 0.0911. The number of aryl methyl sites for hydroxylation is 1. The summed E-state index contributed by atoms with van der Waals surface area (Å²) in [6.45, 7) is 10.8. The van der Waals surface area contributed by atoms with Crippen LogP contribution in [0.2, 0.25) is 0 Å². The summed E-state index contributed by atoms with van der Waals surface area (Å²) < 4.78 is 13.2. The molecule has 0 bridgehead atoms. The summed E-state index contributed by atoms with van der Waals surface area (Å²) in [5, 5.41) is 7.68. The standard InChI is InChI=1S/C17H30N6O2/c1-3-18-17(19-4-5-22-6-9-24-10-7-22)23-8-11-25-16(14-23)15-12-20-21(2)13-15/h12-13,16H,3-11,14H2,1-2H3,(H,18,19). The van der Waals surface area contributed by atoms with Gasteiger partial charge in [-0.05, 0) is 6.92 Å². The molecule has 0 radical (unpaired) electrons. The fourth-order valence-electron chi connectivity index (χ4n) is 3.20. The molecule has 3 rings (SSSR count). The van der Waals surface area contributed by atoms with E-state index in [9.17, 15) is 0 Å². The Morgan fingerprint density at radius 2 is 2.16 bits per heavy atom. The van der Waals surface area contributed by atoms with Crippen LogP contribution in [0.25, 0.3) is 0 Å². The summed E-state index contributed by atoms with van der Waals surface area (Å²) in [5.74, 6) is 0.980. The lowest BCUT2D eigenvalue weighted by molar-refractivity contribution is -0.00809. The van der Waals surface area contributed by atoms with Crippen LogP contribution in [0.1, 0.15) is 18.6 Å². The largest absolute Gasteiger partial charge is 0.379 e. The minimum Gasteiger partial charge on any atom is -0.379 e. The third-order valence-corrected chi connectivity index (χ3v) is 4.58. The van der Waals surface area contributed by atoms with Crippen LogP contribution in [-0.4, -0.2) is 91.2 Å². The predicted molar refractivity (Wildman–Crippen MR) is 96.7 cm³/mol. The molecule has 1 N–H and O–H groups in total. The topological polar surface area (TPSA) is 67.2 Å². The van der Waals surface area contributed by atoms with Crippen LogP contribution in [-0.2, 0) is 16.5 Å². The molecular weight excluding hydrogens is 320 g/mol. The Hall–Kier alpha value is -1.64. The SMILES string of the molecule is CCNC(=NCCN1CCOCC1)N1CCOC(c2cnn(C)c2)C1. The molecule has 8 heteroatoms. The highest BCUT2D eigenvalue weighted by Gasteiger charge is 2.25. The molecule has 25 heavy (non-hydrogen) atoms. The number of hydrogen-bond acceptors (Lipinski definition) is 5. The highest BCUT2D eigenvalue weighted by atomic mass is 16.5. The van der Waals surface area contributed by atoms with Crippen LogP contribution in [0.4, 0.5) is 0 Å². The van der Waals surface area contributed by atoms with E-state index in [1.54, 1.807) is 0 Å². The first-order valence-corrected chi connectivity index (χ1v) is 9.19. The van der Waals surface area contributed by atoms with Gasteiger partial charge in [-0.3, -0.25) is 14.6 Å². The number of aliphatic imine (C=N–C) groups is 1. The van der Waals surface area contributed by atoms with E-state index in [2.05, 4.69) is 27.1 Å². The van der Waals surface area contributed by atoms with Crippen LogP contribution >= 0.6 is 0 Å². The molecule has 3 heterocycles. The Balaban J connectivity index is 1.57. The second kappa shape index (κ2) is 9.17. The number of hydrogen-bond donors (Lipinski definition) is 1. The monoisotopic (exact) mass is 350 g/mol. The van der Waals surface area contributed by atoms with Gasteiger partial charge in [0.15, 0.2) is 5.96 Å². The van der Waals surface area contributed by atoms with Crippen LogP contribution in [0, 0.1) is 0 Å². The molecule has 0 aromatic carbocycles. The van der Waals surface area contributed by atoms with E-state index in [1.165, 1.54) is 0 Å². The lowest BCUT2D eigenvalue weighted by Crippen LogP contribution is -2.48. The molecular formula is C17H30N6O2. The molecule has 2 fully saturated rings. The first kappa shape index (κ1) is 18.2. The number of morpholine rings is 2. The van der Waals surface area contributed by atoms with Gasteiger partial charge in [0.25, 0.3) is 0 Å². The maximum atomic E-state index is 5.94. The zero-order chi connectivity index (χ0) is 17.5. The fraction of sp³-hybridized carbons (Fsp3) is 0.765. The van der Waals surface area contributed by atoms with Crippen molar-refractivity contribution in [1.29, 1.82) is 0 Å². The molecule has 8 nitrogen and oxygen atoms in total. The van der Waals surface area contributed by atoms with Crippen molar-refractivity contribution >= 4 is 5.96 Å². The van der Waals surface area contributed by atoms with Gasteiger partial charge in [-0.15, -0.1) is 0 Å². The van der Waals surface area contributed by atoms with Crippen molar-refractivity contribution in [3.05, 3.63) is 18.0 Å². The van der Waals surface area contributed by atoms with Crippen molar-refractivity contribution in [1.82, 2.24) is 24.9 Å². The second-order valence-electron chi connectivity index (χ2n) is 6.44. The summed E-state index contributed by atoms with van der Waals surface area (Å²) in [6, 6.07) is 0. The van der Waals surface area contributed by atoms with Gasteiger partial charge in [-0.2, -0.15) is 5.10 Å². The van der Waals surface area contributed by atoms with Gasteiger partial charge in [0, 0.05) is 51.5 Å². The molecule has 0 aliphatic carbocycles. The Bertz CT molecular complexity index is 555. The normalized spacial score (nSPS) is 23.0. The summed E-state index contributed by atoms with van der Waals surface area (Å²) in [6.07, 6.45) is 3.96. The maximum absolute atomic E-state index is 5.94. The number of aromatic nitrogens is 2. The highest BCUT2D eigenvalue weighted by molar-refractivity contribution is 5.80. The third kappa shape index (κ3) is 5.17. The average molecular weight is 350 g/mol. The van der Waals surface area contributed by atoms with Gasteiger partial charge >= 0.3 is 0 Å². The van der Waals surface area contributed by atoms with Gasteiger partial charge in [-0.25, -0.2) is 0 Å². The van der Waals surface area contributed by atoms with E-state index in [-0.39, 0.29) is 6.10 Å². The molecule has 2 aliphatic heterocycles. The maximum Gasteiger partial charge on any atom is 0.194 e. The van der Waals surface area contributed by atoms with Gasteiger partial charge in [0.05, 0.1) is 39.1 Å². The second-order valence-corrected chi connectivity index (χ2v) is 6.44. The summed E-state index contributed by atoms with van der Waals surface area (Å²) in [4.78, 5) is 9.54. The van der Waals surface area contributed by atoms with E-state index in [1.807, 2.05) is 24.1 Å². The van der Waals surface area contributed by atoms with E-state index < -0.39 is 0 Å². The lowest BCUT2D eigenvalue weighted by atomic mass is 10.1. The van der Waals surface area contributed by atoms with Gasteiger partial charge in [0.1, 0.15) is 6.10 Å². The van der Waals surface area contributed by atoms with Crippen molar-refractivity contribution in [2.24, 2.45) is 12.0 Å². The first-order chi connectivity index (χ1) is 12.3. The molecule has 1 unspecified atom stereocenters. The van der Waals surface area contributed by atoms with Gasteiger partial charge in [0.2, 0.25) is 0 Å². The van der Waals surface area contributed by atoms with E-state index in [0.29, 0.717) is 6.61 Å². The molecule has 1 aromatic heterocycles. The summed E-state index contributed by atoms with van der Waals surface area (Å²) in [5.41, 5.74) is 1.12. The molecule has 1 atom stereocenters. The zero-order valence-corrected chi connectivity index (χ0v) is 15.4. The number of ether oxygens (including phenoxy) is 2. The van der Waals surface area contributed by atoms with Crippen LogP contribution < -0.4 is 5.32 Å². The number of guanidine groups is 1. The number of rotatable bonds is 5. The third-order valence-electron chi connectivity index (χ3n) is 4.58. The minimum atomic E-state index is 0.0468. The molecule has 2 saturated heterocycles. The molecule has 2 aliphatic rings. The highest BCUT2D eigenvalue weighted by Crippen LogP contribution is 2.21. The zero-order valence-electron chi connectivity index (χ0n) is 15.4. The van der Waals surface area contributed by atoms with Gasteiger partial charge in [-0.1, -0.05) is 0 Å². The number of nitrogens with one attached hydrogen (secondary N) is 1. The van der Waals surface area contributed by atoms with Gasteiger partial charge < -0.3 is 19.7 Å². The summed E-state index contributed by atoms with van der Waals surface area (Å²) in [7, 11) is 1.93. The van der Waals surface area contributed by atoms with Crippen molar-refractivity contribution in [3.8, 4) is 0 Å². The molecule has 1 aromatic rings. The quantitative estimate of drug-likeness (QED) is 0.600. The van der Waals surface area contributed by atoms with Crippen molar-refractivity contribution < 1.29 is 9.47 Å². The van der Waals surface area contributed by atoms with Crippen LogP contribution in [0.3, 0.4) is 0 Å². The average Bonchev–Trinajstić information content (AvgIpc) is 3.08. The smallest absolute Gasteiger partial charge is 0.194 e. The molecule has 140 valence electrons. The van der Waals surface area contributed by atoms with E-state index in [4.69, 9.17) is 14.5 Å².